The van der Waals surface area contributed by atoms with Crippen LogP contribution < -0.4 is 0 Å². The number of carbonyl (C=O) groups is 1. The summed E-state index contributed by atoms with van der Waals surface area (Å²) < 4.78 is 35.2. The van der Waals surface area contributed by atoms with E-state index in [1.54, 1.807) is 6.92 Å². The van der Waals surface area contributed by atoms with Gasteiger partial charge in [-0.1, -0.05) is 6.58 Å². The minimum atomic E-state index is -3.90. The summed E-state index contributed by atoms with van der Waals surface area (Å²) in [6, 6.07) is 0. The number of hydrogen-bond acceptors (Lipinski definition) is 5. The first-order valence-corrected chi connectivity index (χ1v) is 7.24. The molecule has 0 aromatic rings. The lowest BCUT2D eigenvalue weighted by Gasteiger charge is -2.29. The van der Waals surface area contributed by atoms with Crippen LogP contribution in [0.3, 0.4) is 0 Å². The first kappa shape index (κ1) is 20.4. The average molecular weight is 297 g/mol. The normalized spacial score (nSPS) is 11.6. The van der Waals surface area contributed by atoms with Crippen LogP contribution in [-0.2, 0) is 19.6 Å². The standard InChI is InChI=1S/C11H21NO5S.H2O/c1-10(2)11(13)17-8-7-12(3,4)6-5-9-18(14,15)16;/h1,5-9H2,2-4H3;1H2. The Kier molecular flexibility index (Phi) is 8.85. The zero-order valence-electron chi connectivity index (χ0n) is 11.6. The number of rotatable bonds is 8. The van der Waals surface area contributed by atoms with Gasteiger partial charge in [-0.2, -0.15) is 8.42 Å². The van der Waals surface area contributed by atoms with Crippen molar-refractivity contribution in [2.24, 2.45) is 0 Å². The maximum atomic E-state index is 11.1. The molecular formula is C11H23NO6S. The highest BCUT2D eigenvalue weighted by Gasteiger charge is 2.17. The summed E-state index contributed by atoms with van der Waals surface area (Å²) in [6.07, 6.45) is 0.361. The van der Waals surface area contributed by atoms with Gasteiger partial charge >= 0.3 is 5.97 Å². The quantitative estimate of drug-likeness (QED) is 0.298. The molecule has 0 bridgehead atoms. The van der Waals surface area contributed by atoms with E-state index in [0.29, 0.717) is 29.6 Å². The molecule has 0 aliphatic heterocycles. The molecule has 0 fully saturated rings. The number of quaternary nitrogens is 1. The van der Waals surface area contributed by atoms with Crippen LogP contribution in [0.1, 0.15) is 13.3 Å². The predicted molar refractivity (Wildman–Crippen MR) is 70.6 cm³/mol. The number of esters is 1. The Morgan fingerprint density at radius 2 is 1.84 bits per heavy atom. The van der Waals surface area contributed by atoms with Crippen molar-refractivity contribution in [1.82, 2.24) is 0 Å². The van der Waals surface area contributed by atoms with E-state index in [9.17, 15) is 13.2 Å². The van der Waals surface area contributed by atoms with E-state index in [2.05, 4.69) is 6.58 Å². The highest BCUT2D eigenvalue weighted by Crippen LogP contribution is 2.02. The summed E-state index contributed by atoms with van der Waals surface area (Å²) in [4.78, 5) is 11.1. The van der Waals surface area contributed by atoms with Crippen molar-refractivity contribution in [3.05, 3.63) is 12.2 Å². The van der Waals surface area contributed by atoms with Gasteiger partial charge in [-0.3, -0.25) is 4.55 Å². The van der Waals surface area contributed by atoms with Crippen LogP contribution in [0.25, 0.3) is 0 Å². The molecule has 0 amide bonds. The number of likely N-dealkylation sites (N-methyl/N-ethyl adjacent to an activating group) is 1. The molecule has 0 aromatic carbocycles. The smallest absolute Gasteiger partial charge is 0.333 e. The molecular weight excluding hydrogens is 274 g/mol. The maximum Gasteiger partial charge on any atom is 0.333 e. The lowest BCUT2D eigenvalue weighted by molar-refractivity contribution is -0.890. The second kappa shape index (κ2) is 8.26. The number of hydrogen-bond donors (Lipinski definition) is 1. The fraction of sp³-hybridized carbons (Fsp3) is 0.727. The summed E-state index contributed by atoms with van der Waals surface area (Å²) in [6.45, 7) is 6.45. The van der Waals surface area contributed by atoms with Gasteiger partial charge in [-0.15, -0.1) is 0 Å². The first-order valence-electron chi connectivity index (χ1n) is 5.63. The zero-order valence-corrected chi connectivity index (χ0v) is 12.4. The third-order valence-electron chi connectivity index (χ3n) is 2.44. The van der Waals surface area contributed by atoms with Gasteiger partial charge in [0.1, 0.15) is 13.2 Å². The molecule has 0 saturated carbocycles. The highest BCUT2D eigenvalue weighted by atomic mass is 32.2. The Labute approximate surface area is 114 Å². The summed E-state index contributed by atoms with van der Waals surface area (Å²) in [7, 11) is -0.0959. The topological polar surface area (TPSA) is 111 Å². The Balaban J connectivity index is 0. The minimum Gasteiger partial charge on any atom is -0.870 e. The third-order valence-corrected chi connectivity index (χ3v) is 3.25. The molecule has 0 atom stereocenters. The molecule has 0 heterocycles. The average Bonchev–Trinajstić information content (AvgIpc) is 2.14. The van der Waals surface area contributed by atoms with Crippen molar-refractivity contribution in [3.8, 4) is 0 Å². The summed E-state index contributed by atoms with van der Waals surface area (Å²) >= 11 is 0. The molecule has 19 heavy (non-hydrogen) atoms. The van der Waals surface area contributed by atoms with Crippen LogP contribution in [0.4, 0.5) is 0 Å². The van der Waals surface area contributed by atoms with Gasteiger partial charge in [-0.05, 0) is 6.92 Å². The Bertz CT molecular complexity index is 401. The molecule has 0 unspecified atom stereocenters. The van der Waals surface area contributed by atoms with Crippen molar-refractivity contribution in [3.63, 3.8) is 0 Å². The van der Waals surface area contributed by atoms with E-state index in [1.807, 2.05) is 14.1 Å². The monoisotopic (exact) mass is 297 g/mol. The predicted octanol–water partition coefficient (Wildman–Crippen LogP) is 0.283. The van der Waals surface area contributed by atoms with Gasteiger partial charge in [0.2, 0.25) is 0 Å². The van der Waals surface area contributed by atoms with Gasteiger partial charge in [0.15, 0.2) is 0 Å². The highest BCUT2D eigenvalue weighted by molar-refractivity contribution is 7.85. The Morgan fingerprint density at radius 1 is 1.32 bits per heavy atom. The Hall–Kier alpha value is -0.960. The fourth-order valence-electron chi connectivity index (χ4n) is 1.30. The first-order chi connectivity index (χ1) is 8.03. The van der Waals surface area contributed by atoms with Crippen molar-refractivity contribution < 1.29 is 32.5 Å². The van der Waals surface area contributed by atoms with Gasteiger partial charge in [0.05, 0.1) is 26.4 Å². The molecule has 8 heteroatoms. The second-order valence-electron chi connectivity index (χ2n) is 4.94. The largest absolute Gasteiger partial charge is 0.870 e. The van der Waals surface area contributed by atoms with E-state index in [-0.39, 0.29) is 17.8 Å². The van der Waals surface area contributed by atoms with Gasteiger partial charge in [0.25, 0.3) is 10.1 Å². The van der Waals surface area contributed by atoms with Crippen molar-refractivity contribution in [2.45, 2.75) is 13.3 Å². The lowest BCUT2D eigenvalue weighted by atomic mass is 10.3. The third kappa shape index (κ3) is 11.8. The van der Waals surface area contributed by atoms with Crippen LogP contribution in [0, 0.1) is 0 Å². The number of ether oxygens (including phenoxy) is 1. The SMILES string of the molecule is C=C(C)C(=O)OCC[N+](C)(C)CCCS(=O)(=O)O.[OH-]. The van der Waals surface area contributed by atoms with Gasteiger partial charge in [-0.25, -0.2) is 4.79 Å². The molecule has 0 aliphatic carbocycles. The molecule has 0 aromatic heterocycles. The van der Waals surface area contributed by atoms with E-state index in [0.717, 1.165) is 0 Å². The summed E-state index contributed by atoms with van der Waals surface area (Å²) in [5.74, 6) is -0.673. The molecule has 2 N–H and O–H groups in total. The van der Waals surface area contributed by atoms with Gasteiger partial charge < -0.3 is 14.7 Å². The fourth-order valence-corrected chi connectivity index (χ4v) is 1.79. The van der Waals surface area contributed by atoms with Crippen molar-refractivity contribution in [2.75, 3.05) is 39.5 Å². The number of carbonyl (C=O) groups excluding carboxylic acids is 1. The molecule has 0 spiro atoms. The number of nitrogens with zero attached hydrogens (tertiary/aromatic N) is 1. The second-order valence-corrected chi connectivity index (χ2v) is 6.51. The minimum absolute atomic E-state index is 0. The molecule has 0 radical (unpaired) electrons. The van der Waals surface area contributed by atoms with E-state index >= 15 is 0 Å². The van der Waals surface area contributed by atoms with Gasteiger partial charge in [0, 0.05) is 12.0 Å². The Morgan fingerprint density at radius 3 is 2.26 bits per heavy atom. The van der Waals surface area contributed by atoms with Crippen LogP contribution in [0.5, 0.6) is 0 Å². The van der Waals surface area contributed by atoms with E-state index in [1.165, 1.54) is 0 Å². The molecule has 0 aliphatic rings. The maximum absolute atomic E-state index is 11.1. The van der Waals surface area contributed by atoms with E-state index in [4.69, 9.17) is 9.29 Å². The summed E-state index contributed by atoms with van der Waals surface area (Å²) in [5.41, 5.74) is 0.353. The molecule has 7 nitrogen and oxygen atoms in total. The van der Waals surface area contributed by atoms with Crippen LogP contribution in [0.2, 0.25) is 0 Å². The molecule has 0 saturated heterocycles. The van der Waals surface area contributed by atoms with E-state index < -0.39 is 16.1 Å². The summed E-state index contributed by atoms with van der Waals surface area (Å²) in [5, 5.41) is 0. The zero-order chi connectivity index (χ0) is 14.4. The van der Waals surface area contributed by atoms with Crippen molar-refractivity contribution >= 4 is 16.1 Å². The lowest BCUT2D eigenvalue weighted by Crippen LogP contribution is -2.43. The van der Waals surface area contributed by atoms with Crippen LogP contribution in [-0.4, -0.2) is 68.4 Å². The molecule has 114 valence electrons. The molecule has 0 rings (SSSR count). The van der Waals surface area contributed by atoms with Crippen LogP contribution >= 0.6 is 0 Å². The van der Waals surface area contributed by atoms with Crippen LogP contribution in [0.15, 0.2) is 12.2 Å². The van der Waals surface area contributed by atoms with Crippen molar-refractivity contribution in [1.29, 1.82) is 0 Å².